The summed E-state index contributed by atoms with van der Waals surface area (Å²) in [6, 6.07) is 0. The minimum atomic E-state index is 0.465. The Balaban J connectivity index is 3.69. The molecule has 0 saturated carbocycles. The Hall–Kier alpha value is -1.12. The fraction of sp³-hybridized carbons (Fsp3) is 0.200. The number of aliphatic imine (C=N–C) groups is 1. The van der Waals surface area contributed by atoms with Gasteiger partial charge in [-0.2, -0.15) is 0 Å². The summed E-state index contributed by atoms with van der Waals surface area (Å²) in [5, 5.41) is 0. The van der Waals surface area contributed by atoms with Gasteiger partial charge in [-0.05, 0) is 18.7 Å². The van der Waals surface area contributed by atoms with Gasteiger partial charge in [0, 0.05) is 6.21 Å². The van der Waals surface area contributed by atoms with E-state index in [0.29, 0.717) is 6.41 Å². The molecule has 0 rings (SSSR count). The van der Waals surface area contributed by atoms with Gasteiger partial charge in [-0.25, -0.2) is 4.99 Å². The van der Waals surface area contributed by atoms with E-state index < -0.39 is 0 Å². The number of carbonyl (C=O) groups excluding carboxylic acids is 1. The molecule has 0 aliphatic rings. The van der Waals surface area contributed by atoms with E-state index >= 15 is 0 Å². The van der Waals surface area contributed by atoms with Crippen molar-refractivity contribution in [3.05, 3.63) is 11.8 Å². The molecule has 0 fully saturated rings. The SMILES string of the molecule is CC(C=NC=O)=CN. The quantitative estimate of drug-likeness (QED) is 0.406. The van der Waals surface area contributed by atoms with Crippen molar-refractivity contribution in [1.29, 1.82) is 0 Å². The average Bonchev–Trinajstić information content (AvgIpc) is 1.83. The minimum absolute atomic E-state index is 0.465. The zero-order chi connectivity index (χ0) is 6.41. The number of nitrogens with two attached hydrogens (primary N) is 1. The van der Waals surface area contributed by atoms with E-state index in [9.17, 15) is 4.79 Å². The summed E-state index contributed by atoms with van der Waals surface area (Å²) in [6.45, 7) is 1.76. The standard InChI is InChI=1S/C5H8N2O/c1-5(2-6)3-7-4-8/h2-4H,6H2,1H3. The van der Waals surface area contributed by atoms with E-state index in [-0.39, 0.29) is 0 Å². The van der Waals surface area contributed by atoms with Crippen LogP contribution >= 0.6 is 0 Å². The van der Waals surface area contributed by atoms with Crippen LogP contribution < -0.4 is 5.73 Å². The van der Waals surface area contributed by atoms with E-state index in [2.05, 4.69) is 4.99 Å². The first-order valence-corrected chi connectivity index (χ1v) is 2.16. The molecule has 0 radical (unpaired) electrons. The molecule has 1 amide bonds. The summed E-state index contributed by atoms with van der Waals surface area (Å²) in [5.74, 6) is 0. The maximum atomic E-state index is 9.56. The van der Waals surface area contributed by atoms with Crippen LogP contribution in [0.1, 0.15) is 6.92 Å². The third-order valence-electron chi connectivity index (χ3n) is 0.602. The Morgan fingerprint density at radius 3 is 2.75 bits per heavy atom. The fourth-order valence-electron chi connectivity index (χ4n) is 0.191. The van der Waals surface area contributed by atoms with Crippen LogP contribution in [0.25, 0.3) is 0 Å². The molecule has 0 aromatic carbocycles. The number of carbonyl (C=O) groups is 1. The number of rotatable bonds is 2. The monoisotopic (exact) mass is 112 g/mol. The molecule has 0 aromatic rings. The van der Waals surface area contributed by atoms with Crippen LogP contribution in [0.3, 0.4) is 0 Å². The first kappa shape index (κ1) is 6.88. The summed E-state index contributed by atoms with van der Waals surface area (Å²) >= 11 is 0. The van der Waals surface area contributed by atoms with Gasteiger partial charge < -0.3 is 5.73 Å². The summed E-state index contributed by atoms with van der Waals surface area (Å²) in [6.07, 6.45) is 3.24. The van der Waals surface area contributed by atoms with E-state index in [4.69, 9.17) is 5.73 Å². The Kier molecular flexibility index (Phi) is 3.48. The molecule has 3 nitrogen and oxygen atoms in total. The molecule has 0 bridgehead atoms. The summed E-state index contributed by atoms with van der Waals surface area (Å²) in [7, 11) is 0. The Labute approximate surface area is 47.9 Å². The largest absolute Gasteiger partial charge is 0.404 e. The van der Waals surface area contributed by atoms with Crippen LogP contribution in [-0.2, 0) is 4.79 Å². The molecule has 0 aliphatic heterocycles. The van der Waals surface area contributed by atoms with E-state index in [1.807, 2.05) is 0 Å². The first-order valence-electron chi connectivity index (χ1n) is 2.16. The van der Waals surface area contributed by atoms with Gasteiger partial charge in [0.05, 0.1) is 0 Å². The molecule has 0 unspecified atom stereocenters. The van der Waals surface area contributed by atoms with Crippen molar-refractivity contribution in [2.75, 3.05) is 0 Å². The molecule has 8 heavy (non-hydrogen) atoms. The summed E-state index contributed by atoms with van der Waals surface area (Å²) in [5.41, 5.74) is 5.82. The van der Waals surface area contributed by atoms with E-state index in [1.165, 1.54) is 12.4 Å². The zero-order valence-corrected chi connectivity index (χ0v) is 4.66. The smallest absolute Gasteiger partial charge is 0.232 e. The first-order chi connectivity index (χ1) is 3.81. The molecule has 0 saturated heterocycles. The van der Waals surface area contributed by atoms with Crippen LogP contribution in [0.15, 0.2) is 16.8 Å². The Morgan fingerprint density at radius 1 is 1.75 bits per heavy atom. The van der Waals surface area contributed by atoms with E-state index in [1.54, 1.807) is 6.92 Å². The van der Waals surface area contributed by atoms with Crippen molar-refractivity contribution in [3.63, 3.8) is 0 Å². The van der Waals surface area contributed by atoms with Gasteiger partial charge in [0.15, 0.2) is 0 Å². The lowest BCUT2D eigenvalue weighted by molar-refractivity contribution is -0.106. The minimum Gasteiger partial charge on any atom is -0.404 e. The summed E-state index contributed by atoms with van der Waals surface area (Å²) < 4.78 is 0. The zero-order valence-electron chi connectivity index (χ0n) is 4.66. The lowest BCUT2D eigenvalue weighted by atomic mass is 10.4. The van der Waals surface area contributed by atoms with Gasteiger partial charge in [-0.15, -0.1) is 0 Å². The molecule has 0 spiro atoms. The fourth-order valence-corrected chi connectivity index (χ4v) is 0.191. The van der Waals surface area contributed by atoms with Gasteiger partial charge in [0.25, 0.3) is 0 Å². The second kappa shape index (κ2) is 4.05. The van der Waals surface area contributed by atoms with Crippen molar-refractivity contribution >= 4 is 12.6 Å². The molecule has 0 atom stereocenters. The second-order valence-corrected chi connectivity index (χ2v) is 1.29. The van der Waals surface area contributed by atoms with Gasteiger partial charge in [0.1, 0.15) is 0 Å². The van der Waals surface area contributed by atoms with Crippen molar-refractivity contribution in [2.24, 2.45) is 10.7 Å². The van der Waals surface area contributed by atoms with Crippen LogP contribution in [0.5, 0.6) is 0 Å². The van der Waals surface area contributed by atoms with Gasteiger partial charge in [-0.1, -0.05) is 0 Å². The number of amides is 1. The van der Waals surface area contributed by atoms with Gasteiger partial charge in [0.2, 0.25) is 6.41 Å². The van der Waals surface area contributed by atoms with Crippen LogP contribution in [0.2, 0.25) is 0 Å². The predicted molar refractivity (Wildman–Crippen MR) is 32.5 cm³/mol. The highest BCUT2D eigenvalue weighted by molar-refractivity contribution is 5.82. The maximum absolute atomic E-state index is 9.56. The molecule has 0 aliphatic carbocycles. The third kappa shape index (κ3) is 3.08. The highest BCUT2D eigenvalue weighted by Gasteiger charge is 1.74. The van der Waals surface area contributed by atoms with Crippen molar-refractivity contribution in [3.8, 4) is 0 Å². The Morgan fingerprint density at radius 2 is 2.38 bits per heavy atom. The highest BCUT2D eigenvalue weighted by Crippen LogP contribution is 1.79. The van der Waals surface area contributed by atoms with Crippen LogP contribution in [-0.4, -0.2) is 12.6 Å². The highest BCUT2D eigenvalue weighted by atomic mass is 16.1. The lowest BCUT2D eigenvalue weighted by Crippen LogP contribution is -1.84. The number of hydrogen-bond acceptors (Lipinski definition) is 2. The molecule has 0 heterocycles. The van der Waals surface area contributed by atoms with Crippen molar-refractivity contribution in [2.45, 2.75) is 6.92 Å². The maximum Gasteiger partial charge on any atom is 0.232 e. The van der Waals surface area contributed by atoms with Gasteiger partial charge >= 0.3 is 0 Å². The molecular weight excluding hydrogens is 104 g/mol. The second-order valence-electron chi connectivity index (χ2n) is 1.29. The topological polar surface area (TPSA) is 55.5 Å². The number of allylic oxidation sites excluding steroid dienone is 1. The van der Waals surface area contributed by atoms with Gasteiger partial charge in [-0.3, -0.25) is 4.79 Å². The normalized spacial score (nSPS) is 12.4. The number of nitrogens with zero attached hydrogens (tertiary/aromatic N) is 1. The number of hydrogen-bond donors (Lipinski definition) is 1. The van der Waals surface area contributed by atoms with E-state index in [0.717, 1.165) is 5.57 Å². The summed E-state index contributed by atoms with van der Waals surface area (Å²) in [4.78, 5) is 12.8. The van der Waals surface area contributed by atoms with Crippen molar-refractivity contribution < 1.29 is 4.79 Å². The van der Waals surface area contributed by atoms with Crippen molar-refractivity contribution in [1.82, 2.24) is 0 Å². The third-order valence-corrected chi connectivity index (χ3v) is 0.602. The molecule has 2 N–H and O–H groups in total. The molecule has 3 heteroatoms. The molecular formula is C5H8N2O. The lowest BCUT2D eigenvalue weighted by Gasteiger charge is -1.80. The average molecular weight is 112 g/mol. The van der Waals surface area contributed by atoms with Crippen LogP contribution in [0.4, 0.5) is 0 Å². The predicted octanol–water partition coefficient (Wildman–Crippen LogP) is 0.0761. The Bertz CT molecular complexity index is 126. The molecule has 44 valence electrons. The van der Waals surface area contributed by atoms with Crippen LogP contribution in [0, 0.1) is 0 Å². The molecule has 0 aromatic heterocycles.